The highest BCUT2D eigenvalue weighted by Gasteiger charge is 2.27. The number of anilines is 1. The molecule has 0 spiro atoms. The zero-order chi connectivity index (χ0) is 23.5. The van der Waals surface area contributed by atoms with Crippen LogP contribution in [0.1, 0.15) is 24.2 Å². The summed E-state index contributed by atoms with van der Waals surface area (Å²) in [6.45, 7) is 2.22. The normalized spacial score (nSPS) is 11.3. The van der Waals surface area contributed by atoms with Crippen molar-refractivity contribution in [3.63, 3.8) is 0 Å². The number of rotatable bonds is 8. The molecule has 10 heteroatoms. The first-order chi connectivity index (χ1) is 15.1. The van der Waals surface area contributed by atoms with Crippen molar-refractivity contribution in [2.45, 2.75) is 18.7 Å². The molecule has 0 atom stereocenters. The SMILES string of the molecule is CC(=O)CN(c1ccc(C(=O)CSC(C)=O)cc1)S(=O)(=O)c1ccc2cc(F)cnc2c1. The number of halogens is 1. The number of carbonyl (C=O) groups excluding carboxylic acids is 3. The average Bonchev–Trinajstić information content (AvgIpc) is 2.75. The average molecular weight is 475 g/mol. The molecule has 32 heavy (non-hydrogen) atoms. The number of aromatic nitrogens is 1. The number of fused-ring (bicyclic) bond motifs is 1. The van der Waals surface area contributed by atoms with Gasteiger partial charge in [-0.3, -0.25) is 23.7 Å². The second-order valence-corrected chi connectivity index (χ2v) is 9.99. The molecule has 0 saturated heterocycles. The van der Waals surface area contributed by atoms with Crippen molar-refractivity contribution in [1.82, 2.24) is 4.98 Å². The van der Waals surface area contributed by atoms with E-state index in [4.69, 9.17) is 0 Å². The number of nitrogens with zero attached hydrogens (tertiary/aromatic N) is 2. The zero-order valence-electron chi connectivity index (χ0n) is 17.2. The third-order valence-corrected chi connectivity index (χ3v) is 7.04. The van der Waals surface area contributed by atoms with Gasteiger partial charge < -0.3 is 0 Å². The standard InChI is InChI=1S/C22H19FN2O5S2/c1-14(26)12-25(19-6-3-16(4-7-19)22(28)13-31-15(2)27)32(29,30)20-8-5-17-9-18(23)11-24-21(17)10-20/h3-11H,12-13H2,1-2H3. The van der Waals surface area contributed by atoms with Gasteiger partial charge in [-0.25, -0.2) is 12.8 Å². The van der Waals surface area contributed by atoms with E-state index in [1.54, 1.807) is 0 Å². The molecule has 0 bridgehead atoms. The number of pyridine rings is 1. The van der Waals surface area contributed by atoms with Gasteiger partial charge in [0.2, 0.25) is 0 Å². The first kappa shape index (κ1) is 23.6. The molecule has 1 aromatic heterocycles. The molecule has 2 aromatic carbocycles. The molecule has 0 N–H and O–H groups in total. The molecular weight excluding hydrogens is 455 g/mol. The minimum atomic E-state index is -4.16. The lowest BCUT2D eigenvalue weighted by Gasteiger charge is -2.23. The quantitative estimate of drug-likeness (QED) is 0.460. The molecule has 0 unspecified atom stereocenters. The second kappa shape index (κ2) is 9.58. The molecule has 0 aliphatic carbocycles. The summed E-state index contributed by atoms with van der Waals surface area (Å²) in [7, 11) is -4.16. The Kier molecular flexibility index (Phi) is 7.05. The molecule has 0 fully saturated rings. The lowest BCUT2D eigenvalue weighted by Crippen LogP contribution is -2.35. The minimum Gasteiger partial charge on any atom is -0.298 e. The fourth-order valence-corrected chi connectivity index (χ4v) is 4.95. The molecule has 1 heterocycles. The summed E-state index contributed by atoms with van der Waals surface area (Å²) in [4.78, 5) is 38.9. The van der Waals surface area contributed by atoms with Crippen LogP contribution in [0.4, 0.5) is 10.1 Å². The van der Waals surface area contributed by atoms with E-state index in [0.717, 1.165) is 22.3 Å². The van der Waals surface area contributed by atoms with Gasteiger partial charge in [-0.15, -0.1) is 0 Å². The predicted octanol–water partition coefficient (Wildman–Crippen LogP) is 3.62. The van der Waals surface area contributed by atoms with Gasteiger partial charge in [0, 0.05) is 17.9 Å². The predicted molar refractivity (Wildman–Crippen MR) is 121 cm³/mol. The van der Waals surface area contributed by atoms with E-state index in [1.165, 1.54) is 62.4 Å². The van der Waals surface area contributed by atoms with E-state index in [-0.39, 0.29) is 33.0 Å². The molecular formula is C22H19FN2O5S2. The van der Waals surface area contributed by atoms with E-state index in [9.17, 15) is 27.2 Å². The number of Topliss-reactive ketones (excluding diaryl/α,β-unsaturated/α-hetero) is 2. The number of carbonyl (C=O) groups is 3. The highest BCUT2D eigenvalue weighted by atomic mass is 32.2. The van der Waals surface area contributed by atoms with Crippen LogP contribution >= 0.6 is 11.8 Å². The van der Waals surface area contributed by atoms with Gasteiger partial charge in [0.1, 0.15) is 11.6 Å². The van der Waals surface area contributed by atoms with E-state index >= 15 is 0 Å². The Morgan fingerprint density at radius 1 is 1.03 bits per heavy atom. The van der Waals surface area contributed by atoms with E-state index in [1.807, 2.05) is 0 Å². The van der Waals surface area contributed by atoms with Gasteiger partial charge in [0.25, 0.3) is 10.0 Å². The number of benzene rings is 2. The Bertz CT molecular complexity index is 1310. The van der Waals surface area contributed by atoms with Crippen molar-refractivity contribution in [3.05, 3.63) is 66.1 Å². The largest absolute Gasteiger partial charge is 0.298 e. The number of thioether (sulfide) groups is 1. The molecule has 0 aliphatic rings. The van der Waals surface area contributed by atoms with Crippen molar-refractivity contribution in [1.29, 1.82) is 0 Å². The first-order valence-corrected chi connectivity index (χ1v) is 11.8. The Morgan fingerprint density at radius 3 is 2.34 bits per heavy atom. The summed E-state index contributed by atoms with van der Waals surface area (Å²) < 4.78 is 41.0. The molecule has 7 nitrogen and oxygen atoms in total. The first-order valence-electron chi connectivity index (χ1n) is 9.42. The molecule has 0 aliphatic heterocycles. The van der Waals surface area contributed by atoms with Crippen LogP contribution in [0, 0.1) is 5.82 Å². The smallest absolute Gasteiger partial charge is 0.264 e. The Labute approximate surface area is 188 Å². The summed E-state index contributed by atoms with van der Waals surface area (Å²) >= 11 is 0.888. The van der Waals surface area contributed by atoms with Gasteiger partial charge in [0.15, 0.2) is 10.9 Å². The lowest BCUT2D eigenvalue weighted by molar-refractivity contribution is -0.115. The highest BCUT2D eigenvalue weighted by molar-refractivity contribution is 8.14. The van der Waals surface area contributed by atoms with Gasteiger partial charge in [-0.2, -0.15) is 0 Å². The summed E-state index contributed by atoms with van der Waals surface area (Å²) in [5.74, 6) is -1.21. The fraction of sp³-hybridized carbons (Fsp3) is 0.182. The van der Waals surface area contributed by atoms with Crippen molar-refractivity contribution < 1.29 is 27.2 Å². The van der Waals surface area contributed by atoms with E-state index < -0.39 is 22.4 Å². The van der Waals surface area contributed by atoms with Crippen LogP contribution in [-0.2, 0) is 19.6 Å². The van der Waals surface area contributed by atoms with Gasteiger partial charge in [-0.05, 0) is 49.4 Å². The molecule has 0 amide bonds. The Hall–Kier alpha value is -3.11. The zero-order valence-corrected chi connectivity index (χ0v) is 18.9. The Balaban J connectivity index is 1.96. The minimum absolute atomic E-state index is 0.0190. The maximum atomic E-state index is 13.4. The molecule has 0 radical (unpaired) electrons. The van der Waals surface area contributed by atoms with Crippen LogP contribution in [0.3, 0.4) is 0 Å². The van der Waals surface area contributed by atoms with Crippen LogP contribution in [-0.4, -0.2) is 42.4 Å². The highest BCUT2D eigenvalue weighted by Crippen LogP contribution is 2.26. The maximum Gasteiger partial charge on any atom is 0.264 e. The van der Waals surface area contributed by atoms with Gasteiger partial charge in [0.05, 0.1) is 34.6 Å². The second-order valence-electron chi connectivity index (χ2n) is 6.97. The van der Waals surface area contributed by atoms with Crippen molar-refractivity contribution in [2.24, 2.45) is 0 Å². The van der Waals surface area contributed by atoms with Crippen LogP contribution < -0.4 is 4.31 Å². The summed E-state index contributed by atoms with van der Waals surface area (Å²) in [5.41, 5.74) is 0.807. The number of hydrogen-bond donors (Lipinski definition) is 0. The van der Waals surface area contributed by atoms with E-state index in [0.29, 0.717) is 16.5 Å². The van der Waals surface area contributed by atoms with Crippen LogP contribution in [0.25, 0.3) is 10.9 Å². The molecule has 166 valence electrons. The molecule has 3 aromatic rings. The lowest BCUT2D eigenvalue weighted by atomic mass is 10.1. The number of sulfonamides is 1. The fourth-order valence-electron chi connectivity index (χ4n) is 2.94. The third-order valence-electron chi connectivity index (χ3n) is 4.46. The van der Waals surface area contributed by atoms with Crippen molar-refractivity contribution >= 4 is 55.1 Å². The summed E-state index contributed by atoms with van der Waals surface area (Å²) in [5, 5.41) is 0.259. The summed E-state index contributed by atoms with van der Waals surface area (Å²) in [6.07, 6.45) is 0.992. The number of hydrogen-bond acceptors (Lipinski definition) is 7. The molecule has 0 saturated carbocycles. The summed E-state index contributed by atoms with van der Waals surface area (Å²) in [6, 6.07) is 11.1. The van der Waals surface area contributed by atoms with Crippen LogP contribution in [0.5, 0.6) is 0 Å². The topological polar surface area (TPSA) is 101 Å². The van der Waals surface area contributed by atoms with Crippen molar-refractivity contribution in [3.8, 4) is 0 Å². The molecule has 3 rings (SSSR count). The van der Waals surface area contributed by atoms with E-state index in [2.05, 4.69) is 4.98 Å². The van der Waals surface area contributed by atoms with Crippen molar-refractivity contribution in [2.75, 3.05) is 16.6 Å². The third kappa shape index (κ3) is 5.38. The van der Waals surface area contributed by atoms with Crippen LogP contribution in [0.15, 0.2) is 59.6 Å². The van der Waals surface area contributed by atoms with Gasteiger partial charge in [-0.1, -0.05) is 17.8 Å². The Morgan fingerprint density at radius 2 is 1.72 bits per heavy atom. The monoisotopic (exact) mass is 474 g/mol. The number of ketones is 2. The maximum absolute atomic E-state index is 13.4. The van der Waals surface area contributed by atoms with Crippen LogP contribution in [0.2, 0.25) is 0 Å². The van der Waals surface area contributed by atoms with Gasteiger partial charge >= 0.3 is 0 Å².